The van der Waals surface area contributed by atoms with E-state index in [-0.39, 0.29) is 26.9 Å². The van der Waals surface area contributed by atoms with Crippen molar-refractivity contribution in [3.8, 4) is 5.75 Å². The normalized spacial score (nSPS) is 11.0. The molecule has 1 heterocycles. The summed E-state index contributed by atoms with van der Waals surface area (Å²) < 4.78 is 31.9. The number of nitrogens with zero attached hydrogens (tertiary/aromatic N) is 1. The molecule has 0 saturated heterocycles. The Hall–Kier alpha value is -2.32. The van der Waals surface area contributed by atoms with Crippen LogP contribution in [0.3, 0.4) is 0 Å². The minimum absolute atomic E-state index is 0.00220. The molecule has 7 nitrogen and oxygen atoms in total. The Morgan fingerprint density at radius 3 is 2.64 bits per heavy atom. The number of nitrogens with one attached hydrogen (secondary N) is 1. The van der Waals surface area contributed by atoms with E-state index in [1.54, 1.807) is 0 Å². The minimum atomic E-state index is -3.98. The molecule has 0 radical (unpaired) electrons. The van der Waals surface area contributed by atoms with Gasteiger partial charge in [0, 0.05) is 12.4 Å². The summed E-state index contributed by atoms with van der Waals surface area (Å²) >= 11 is 5.72. The van der Waals surface area contributed by atoms with Gasteiger partial charge in [0.2, 0.25) is 0 Å². The Kier molecular flexibility index (Phi) is 4.53. The number of aromatic nitrogens is 1. The van der Waals surface area contributed by atoms with Crippen molar-refractivity contribution >= 4 is 33.3 Å². The lowest BCUT2D eigenvalue weighted by Gasteiger charge is -2.12. The Labute approximate surface area is 131 Å². The molecule has 2 rings (SSSR count). The summed E-state index contributed by atoms with van der Waals surface area (Å²) in [4.78, 5) is 14.5. The zero-order chi connectivity index (χ0) is 16.3. The van der Waals surface area contributed by atoms with Gasteiger partial charge in [-0.25, -0.2) is 13.2 Å². The zero-order valence-electron chi connectivity index (χ0n) is 11.3. The highest BCUT2D eigenvalue weighted by Crippen LogP contribution is 2.28. The monoisotopic (exact) mass is 342 g/mol. The molecule has 1 aromatic heterocycles. The Balaban J connectivity index is 2.44. The molecule has 9 heteroatoms. The Morgan fingerprint density at radius 1 is 1.32 bits per heavy atom. The van der Waals surface area contributed by atoms with Crippen LogP contribution in [-0.4, -0.2) is 31.6 Å². The van der Waals surface area contributed by atoms with Crippen LogP contribution in [0.4, 0.5) is 5.69 Å². The highest BCUT2D eigenvalue weighted by atomic mass is 35.5. The number of carbonyl (C=O) groups is 1. The molecule has 22 heavy (non-hydrogen) atoms. The first-order chi connectivity index (χ1) is 10.3. The molecule has 0 unspecified atom stereocenters. The molecule has 0 spiro atoms. The van der Waals surface area contributed by atoms with E-state index in [4.69, 9.17) is 21.4 Å². The average molecular weight is 343 g/mol. The van der Waals surface area contributed by atoms with Crippen LogP contribution in [0.2, 0.25) is 5.02 Å². The molecular weight excluding hydrogens is 332 g/mol. The van der Waals surface area contributed by atoms with Crippen molar-refractivity contribution in [2.45, 2.75) is 4.90 Å². The number of anilines is 1. The Bertz CT molecular complexity index is 823. The third-order valence-corrected chi connectivity index (χ3v) is 4.22. The van der Waals surface area contributed by atoms with Crippen LogP contribution in [0.15, 0.2) is 41.6 Å². The van der Waals surface area contributed by atoms with E-state index in [0.717, 1.165) is 12.3 Å². The lowest BCUT2D eigenvalue weighted by atomic mass is 10.2. The van der Waals surface area contributed by atoms with Gasteiger partial charge in [-0.15, -0.1) is 0 Å². The van der Waals surface area contributed by atoms with Crippen LogP contribution in [0, 0.1) is 0 Å². The average Bonchev–Trinajstić information content (AvgIpc) is 2.46. The van der Waals surface area contributed by atoms with Crippen LogP contribution in [0.5, 0.6) is 5.75 Å². The van der Waals surface area contributed by atoms with E-state index in [1.165, 1.54) is 31.5 Å². The van der Waals surface area contributed by atoms with E-state index < -0.39 is 16.0 Å². The van der Waals surface area contributed by atoms with Gasteiger partial charge in [-0.3, -0.25) is 9.71 Å². The van der Waals surface area contributed by atoms with Gasteiger partial charge >= 0.3 is 5.97 Å². The lowest BCUT2D eigenvalue weighted by molar-refractivity contribution is 0.0697. The van der Waals surface area contributed by atoms with Crippen molar-refractivity contribution in [1.82, 2.24) is 4.98 Å². The van der Waals surface area contributed by atoms with Crippen molar-refractivity contribution in [2.24, 2.45) is 0 Å². The Morgan fingerprint density at radius 2 is 2.05 bits per heavy atom. The van der Waals surface area contributed by atoms with Gasteiger partial charge in [0.1, 0.15) is 10.6 Å². The third-order valence-electron chi connectivity index (χ3n) is 2.68. The molecule has 0 amide bonds. The van der Waals surface area contributed by atoms with Crippen LogP contribution >= 0.6 is 11.6 Å². The maximum Gasteiger partial charge on any atom is 0.335 e. The fourth-order valence-corrected chi connectivity index (χ4v) is 2.95. The third kappa shape index (κ3) is 3.46. The lowest BCUT2D eigenvalue weighted by Crippen LogP contribution is -2.14. The first-order valence-electron chi connectivity index (χ1n) is 5.88. The minimum Gasteiger partial charge on any atom is -0.495 e. The van der Waals surface area contributed by atoms with Gasteiger partial charge in [-0.2, -0.15) is 0 Å². The molecule has 0 aliphatic carbocycles. The number of hydrogen-bond acceptors (Lipinski definition) is 5. The van der Waals surface area contributed by atoms with Gasteiger partial charge in [0.05, 0.1) is 23.4 Å². The van der Waals surface area contributed by atoms with Crippen LogP contribution < -0.4 is 9.46 Å². The number of sulfonamides is 1. The molecule has 2 aromatic rings. The predicted molar refractivity (Wildman–Crippen MR) is 80.0 cm³/mol. The molecular formula is C13H11ClN2O5S. The van der Waals surface area contributed by atoms with Crippen molar-refractivity contribution < 1.29 is 23.1 Å². The number of pyridine rings is 1. The number of benzene rings is 1. The SMILES string of the molecule is COc1ccc(C(=O)O)cc1NS(=O)(=O)c1cncc(Cl)c1. The first kappa shape index (κ1) is 16.1. The van der Waals surface area contributed by atoms with Crippen molar-refractivity contribution in [3.05, 3.63) is 47.2 Å². The molecule has 0 bridgehead atoms. The summed E-state index contributed by atoms with van der Waals surface area (Å²) in [5, 5.41) is 9.14. The topological polar surface area (TPSA) is 106 Å². The van der Waals surface area contributed by atoms with E-state index >= 15 is 0 Å². The van der Waals surface area contributed by atoms with Crippen LogP contribution in [0.25, 0.3) is 0 Å². The van der Waals surface area contributed by atoms with Crippen molar-refractivity contribution in [3.63, 3.8) is 0 Å². The van der Waals surface area contributed by atoms with E-state index in [0.29, 0.717) is 0 Å². The fourth-order valence-electron chi connectivity index (χ4n) is 1.66. The standard InChI is InChI=1S/C13H11ClN2O5S/c1-21-12-3-2-8(13(17)18)4-11(12)16-22(19,20)10-5-9(14)6-15-7-10/h2-7,16H,1H3,(H,17,18). The number of rotatable bonds is 5. The van der Waals surface area contributed by atoms with Gasteiger partial charge < -0.3 is 9.84 Å². The number of methoxy groups -OCH3 is 1. The molecule has 0 aliphatic heterocycles. The first-order valence-corrected chi connectivity index (χ1v) is 7.74. The second-order valence-corrected chi connectivity index (χ2v) is 6.28. The zero-order valence-corrected chi connectivity index (χ0v) is 12.9. The highest BCUT2D eigenvalue weighted by Gasteiger charge is 2.18. The second-order valence-electron chi connectivity index (χ2n) is 4.16. The number of carboxylic acid groups (broad SMARTS) is 1. The summed E-state index contributed by atoms with van der Waals surface area (Å²) in [6.45, 7) is 0. The van der Waals surface area contributed by atoms with Gasteiger partial charge in [-0.05, 0) is 24.3 Å². The molecule has 2 N–H and O–H groups in total. The van der Waals surface area contributed by atoms with Gasteiger partial charge in [0.15, 0.2) is 0 Å². The molecule has 116 valence electrons. The van der Waals surface area contributed by atoms with Gasteiger partial charge in [0.25, 0.3) is 10.0 Å². The number of ether oxygens (including phenoxy) is 1. The number of hydrogen-bond donors (Lipinski definition) is 2. The van der Waals surface area contributed by atoms with Crippen LogP contribution in [0.1, 0.15) is 10.4 Å². The number of halogens is 1. The summed E-state index contributed by atoms with van der Waals surface area (Å²) in [7, 11) is -2.64. The summed E-state index contributed by atoms with van der Waals surface area (Å²) in [6, 6.07) is 5.05. The maximum atomic E-state index is 12.3. The maximum absolute atomic E-state index is 12.3. The molecule has 1 aromatic carbocycles. The molecule has 0 atom stereocenters. The van der Waals surface area contributed by atoms with Crippen molar-refractivity contribution in [2.75, 3.05) is 11.8 Å². The van der Waals surface area contributed by atoms with Crippen molar-refractivity contribution in [1.29, 1.82) is 0 Å². The largest absolute Gasteiger partial charge is 0.495 e. The van der Waals surface area contributed by atoms with E-state index in [1.807, 2.05) is 0 Å². The second kappa shape index (κ2) is 6.20. The molecule has 0 fully saturated rings. The van der Waals surface area contributed by atoms with E-state index in [9.17, 15) is 13.2 Å². The van der Waals surface area contributed by atoms with Crippen LogP contribution in [-0.2, 0) is 10.0 Å². The number of aromatic carboxylic acids is 1. The number of carboxylic acids is 1. The summed E-state index contributed by atoms with van der Waals surface area (Å²) in [5.41, 5.74) is -0.0786. The van der Waals surface area contributed by atoms with E-state index in [2.05, 4.69) is 9.71 Å². The van der Waals surface area contributed by atoms with Gasteiger partial charge in [-0.1, -0.05) is 11.6 Å². The smallest absolute Gasteiger partial charge is 0.335 e. The summed E-state index contributed by atoms with van der Waals surface area (Å²) in [6.07, 6.45) is 2.42. The molecule has 0 saturated carbocycles. The fraction of sp³-hybridized carbons (Fsp3) is 0.0769. The predicted octanol–water partition coefficient (Wildman–Crippen LogP) is 2.24. The summed E-state index contributed by atoms with van der Waals surface area (Å²) in [5.74, 6) is -1.00. The highest BCUT2D eigenvalue weighted by molar-refractivity contribution is 7.92. The quantitative estimate of drug-likeness (QED) is 0.863. The molecule has 0 aliphatic rings.